The molecule has 0 aliphatic rings. The second-order valence-corrected chi connectivity index (χ2v) is 10.1. The van der Waals surface area contributed by atoms with Crippen LogP contribution in [0.2, 0.25) is 19.6 Å². The second-order valence-electron chi connectivity index (χ2n) is 5.16. The molecule has 92 valence electrons. The first kappa shape index (κ1) is 12.1. The average Bonchev–Trinajstić information content (AvgIpc) is 2.55. The molecule has 0 unspecified atom stereocenters. The van der Waals surface area contributed by atoms with Crippen molar-refractivity contribution in [1.29, 1.82) is 0 Å². The number of aryl methyl sites for hydroxylation is 1. The molecule has 4 nitrogen and oxygen atoms in total. The molecule has 0 saturated carbocycles. The summed E-state index contributed by atoms with van der Waals surface area (Å²) in [5.74, 6) is 0. The molecule has 0 atom stereocenters. The van der Waals surface area contributed by atoms with E-state index >= 15 is 0 Å². The number of ether oxygens (including phenoxy) is 1. The fourth-order valence-corrected chi connectivity index (χ4v) is 3.26. The lowest BCUT2D eigenvalue weighted by atomic mass is 10.4. The molecule has 0 aliphatic heterocycles. The molecule has 0 N–H and O–H groups in total. The maximum Gasteiger partial charge on any atom is 0.297 e. The van der Waals surface area contributed by atoms with Gasteiger partial charge in [0.25, 0.3) is 6.01 Å². The van der Waals surface area contributed by atoms with Crippen molar-refractivity contribution in [2.75, 3.05) is 6.61 Å². The number of hydrogen-bond donors (Lipinski definition) is 0. The minimum absolute atomic E-state index is 0.632. The van der Waals surface area contributed by atoms with Gasteiger partial charge in [-0.25, -0.2) is 0 Å². The van der Waals surface area contributed by atoms with Gasteiger partial charge in [0.05, 0.1) is 17.4 Å². The van der Waals surface area contributed by atoms with Crippen molar-refractivity contribution in [2.45, 2.75) is 26.6 Å². The van der Waals surface area contributed by atoms with Crippen LogP contribution in [0.3, 0.4) is 0 Å². The third kappa shape index (κ3) is 2.07. The molecule has 0 bridgehead atoms. The van der Waals surface area contributed by atoms with Crippen LogP contribution in [0, 0.1) is 0 Å². The van der Waals surface area contributed by atoms with E-state index in [-0.39, 0.29) is 0 Å². The van der Waals surface area contributed by atoms with E-state index in [2.05, 4.69) is 29.6 Å². The van der Waals surface area contributed by atoms with Gasteiger partial charge in [-0.1, -0.05) is 19.6 Å². The number of imidazole rings is 1. The number of rotatable bonds is 3. The van der Waals surface area contributed by atoms with E-state index in [1.54, 1.807) is 0 Å². The SMILES string of the molecule is CCOc1nc2c([Si](C)(C)C)nccc2n1C. The van der Waals surface area contributed by atoms with E-state index in [0.29, 0.717) is 12.6 Å². The molecule has 0 amide bonds. The van der Waals surface area contributed by atoms with Crippen molar-refractivity contribution in [2.24, 2.45) is 7.05 Å². The summed E-state index contributed by atoms with van der Waals surface area (Å²) >= 11 is 0. The third-order valence-corrected chi connectivity index (χ3v) is 4.53. The summed E-state index contributed by atoms with van der Waals surface area (Å²) in [5, 5.41) is 1.15. The largest absolute Gasteiger partial charge is 0.465 e. The highest BCUT2D eigenvalue weighted by Crippen LogP contribution is 2.19. The van der Waals surface area contributed by atoms with Crippen molar-refractivity contribution in [3.63, 3.8) is 0 Å². The first-order chi connectivity index (χ1) is 7.95. The molecule has 0 spiro atoms. The van der Waals surface area contributed by atoms with Crippen LogP contribution in [-0.4, -0.2) is 29.2 Å². The maximum atomic E-state index is 5.53. The van der Waals surface area contributed by atoms with Crippen molar-refractivity contribution < 1.29 is 4.74 Å². The Bertz CT molecular complexity index is 542. The quantitative estimate of drug-likeness (QED) is 0.780. The smallest absolute Gasteiger partial charge is 0.297 e. The lowest BCUT2D eigenvalue weighted by Gasteiger charge is -2.14. The van der Waals surface area contributed by atoms with E-state index < -0.39 is 8.07 Å². The Morgan fingerprint density at radius 2 is 2.06 bits per heavy atom. The average molecular weight is 249 g/mol. The van der Waals surface area contributed by atoms with Crippen LogP contribution in [-0.2, 0) is 7.05 Å². The van der Waals surface area contributed by atoms with Gasteiger partial charge in [-0.3, -0.25) is 9.55 Å². The zero-order valence-corrected chi connectivity index (χ0v) is 12.1. The lowest BCUT2D eigenvalue weighted by molar-refractivity contribution is 0.304. The monoisotopic (exact) mass is 249 g/mol. The zero-order valence-electron chi connectivity index (χ0n) is 11.1. The van der Waals surface area contributed by atoms with E-state index in [1.165, 1.54) is 0 Å². The molecule has 5 heteroatoms. The Balaban J connectivity index is 2.69. The molecule has 0 radical (unpaired) electrons. The topological polar surface area (TPSA) is 39.9 Å². The van der Waals surface area contributed by atoms with Gasteiger partial charge in [0.2, 0.25) is 0 Å². The molecular weight excluding hydrogens is 230 g/mol. The maximum absolute atomic E-state index is 5.53. The molecule has 17 heavy (non-hydrogen) atoms. The normalized spacial score (nSPS) is 12.1. The Labute approximate surface area is 103 Å². The Hall–Kier alpha value is -1.36. The molecule has 0 fully saturated rings. The van der Waals surface area contributed by atoms with Crippen molar-refractivity contribution in [3.05, 3.63) is 12.3 Å². The minimum Gasteiger partial charge on any atom is -0.465 e. The number of pyridine rings is 1. The lowest BCUT2D eigenvalue weighted by Crippen LogP contribution is -2.40. The summed E-state index contributed by atoms with van der Waals surface area (Å²) in [6.07, 6.45) is 1.87. The molecule has 0 saturated heterocycles. The summed E-state index contributed by atoms with van der Waals surface area (Å²) in [5.41, 5.74) is 2.10. The zero-order chi connectivity index (χ0) is 12.6. The molecular formula is C12H19N3OSi. The van der Waals surface area contributed by atoms with Crippen molar-refractivity contribution >= 4 is 24.4 Å². The van der Waals surface area contributed by atoms with Crippen LogP contribution in [0.5, 0.6) is 6.01 Å². The molecule has 0 aromatic carbocycles. The van der Waals surface area contributed by atoms with Gasteiger partial charge in [0.15, 0.2) is 0 Å². The van der Waals surface area contributed by atoms with Gasteiger partial charge in [-0.05, 0) is 13.0 Å². The molecule has 0 aliphatic carbocycles. The summed E-state index contributed by atoms with van der Waals surface area (Å²) in [6, 6.07) is 2.67. The third-order valence-electron chi connectivity index (χ3n) is 2.74. The summed E-state index contributed by atoms with van der Waals surface area (Å²) in [7, 11) is 0.508. The first-order valence-corrected chi connectivity index (χ1v) is 9.40. The van der Waals surface area contributed by atoms with Crippen LogP contribution < -0.4 is 10.1 Å². The van der Waals surface area contributed by atoms with E-state index in [0.717, 1.165) is 16.4 Å². The summed E-state index contributed by atoms with van der Waals surface area (Å²) < 4.78 is 7.52. The highest BCUT2D eigenvalue weighted by Gasteiger charge is 2.24. The van der Waals surface area contributed by atoms with Crippen LogP contribution in [0.15, 0.2) is 12.3 Å². The van der Waals surface area contributed by atoms with Crippen LogP contribution >= 0.6 is 0 Å². The van der Waals surface area contributed by atoms with Crippen LogP contribution in [0.1, 0.15) is 6.92 Å². The Morgan fingerprint density at radius 1 is 1.35 bits per heavy atom. The van der Waals surface area contributed by atoms with Gasteiger partial charge in [-0.15, -0.1) is 0 Å². The molecule has 2 aromatic rings. The molecule has 2 rings (SSSR count). The van der Waals surface area contributed by atoms with E-state index in [4.69, 9.17) is 4.74 Å². The van der Waals surface area contributed by atoms with E-state index in [9.17, 15) is 0 Å². The standard InChI is InChI=1S/C12H19N3OSi/c1-6-16-12-14-10-9(15(12)2)7-8-13-11(10)17(3,4)5/h7-8H,6H2,1-5H3. The predicted octanol–water partition coefficient (Wildman–Crippen LogP) is 1.91. The number of hydrogen-bond acceptors (Lipinski definition) is 3. The van der Waals surface area contributed by atoms with Crippen molar-refractivity contribution in [1.82, 2.24) is 14.5 Å². The van der Waals surface area contributed by atoms with Gasteiger partial charge >= 0.3 is 0 Å². The van der Waals surface area contributed by atoms with Crippen LogP contribution in [0.25, 0.3) is 11.0 Å². The Kier molecular flexibility index (Phi) is 2.95. The predicted molar refractivity (Wildman–Crippen MR) is 72.7 cm³/mol. The summed E-state index contributed by atoms with van der Waals surface area (Å²) in [4.78, 5) is 9.10. The fourth-order valence-electron chi connectivity index (χ4n) is 1.91. The minimum atomic E-state index is -1.47. The first-order valence-electron chi connectivity index (χ1n) is 5.90. The summed E-state index contributed by atoms with van der Waals surface area (Å²) in [6.45, 7) is 9.45. The number of nitrogens with zero attached hydrogens (tertiary/aromatic N) is 3. The van der Waals surface area contributed by atoms with Gasteiger partial charge in [-0.2, -0.15) is 4.98 Å². The number of aromatic nitrogens is 3. The van der Waals surface area contributed by atoms with Crippen molar-refractivity contribution in [3.8, 4) is 6.01 Å². The molecule has 2 heterocycles. The highest BCUT2D eigenvalue weighted by atomic mass is 28.3. The van der Waals surface area contributed by atoms with E-state index in [1.807, 2.05) is 30.8 Å². The van der Waals surface area contributed by atoms with Gasteiger partial charge < -0.3 is 4.74 Å². The number of fused-ring (bicyclic) bond motifs is 1. The van der Waals surface area contributed by atoms with Gasteiger partial charge in [0, 0.05) is 13.2 Å². The second kappa shape index (κ2) is 4.14. The van der Waals surface area contributed by atoms with Gasteiger partial charge in [0.1, 0.15) is 13.6 Å². The molecule has 2 aromatic heterocycles. The fraction of sp³-hybridized carbons (Fsp3) is 0.500. The Morgan fingerprint density at radius 3 is 2.65 bits per heavy atom. The van der Waals surface area contributed by atoms with Crippen LogP contribution in [0.4, 0.5) is 0 Å². The highest BCUT2D eigenvalue weighted by molar-refractivity contribution is 6.89.